The van der Waals surface area contributed by atoms with Crippen molar-refractivity contribution in [3.63, 3.8) is 0 Å². The smallest absolute Gasteiger partial charge is 0.252 e. The van der Waals surface area contributed by atoms with Gasteiger partial charge in [-0.2, -0.15) is 0 Å². The van der Waals surface area contributed by atoms with E-state index >= 15 is 0 Å². The van der Waals surface area contributed by atoms with Gasteiger partial charge in [0.2, 0.25) is 0 Å². The zero-order chi connectivity index (χ0) is 18.1. The number of amides is 1. The van der Waals surface area contributed by atoms with Crippen molar-refractivity contribution in [1.29, 1.82) is 0 Å². The summed E-state index contributed by atoms with van der Waals surface area (Å²) in [5.74, 6) is 0.503. The summed E-state index contributed by atoms with van der Waals surface area (Å²) in [4.78, 5) is 16.2. The van der Waals surface area contributed by atoms with E-state index in [2.05, 4.69) is 46.1 Å². The van der Waals surface area contributed by atoms with Gasteiger partial charge in [-0.15, -0.1) is 24.0 Å². The number of nitrogens with zero attached hydrogens (tertiary/aromatic N) is 1. The Morgan fingerprint density at radius 3 is 2.46 bits per heavy atom. The molecule has 5 nitrogen and oxygen atoms in total. The highest BCUT2D eigenvalue weighted by Crippen LogP contribution is 2.14. The van der Waals surface area contributed by atoms with Gasteiger partial charge in [0, 0.05) is 26.7 Å². The predicted molar refractivity (Wildman–Crippen MR) is 119 cm³/mol. The topological polar surface area (TPSA) is 65.5 Å². The molecular weight excluding hydrogens is 463 g/mol. The van der Waals surface area contributed by atoms with Crippen molar-refractivity contribution >= 4 is 47.4 Å². The first-order chi connectivity index (χ1) is 12.1. The highest BCUT2D eigenvalue weighted by molar-refractivity contribution is 14.0. The van der Waals surface area contributed by atoms with Crippen LogP contribution in [0.3, 0.4) is 0 Å². The number of benzene rings is 2. The number of hydrogen-bond donors (Lipinski definition) is 3. The van der Waals surface area contributed by atoms with Gasteiger partial charge in [-0.05, 0) is 24.6 Å². The Morgan fingerprint density at radius 2 is 1.77 bits per heavy atom. The minimum Gasteiger partial charge on any atom is -0.355 e. The number of carbonyl (C=O) groups is 1. The zero-order valence-corrected chi connectivity index (χ0v) is 18.0. The molecule has 0 aromatic heterocycles. The molecule has 2 rings (SSSR count). The van der Waals surface area contributed by atoms with E-state index in [-0.39, 0.29) is 29.9 Å². The molecule has 0 heterocycles. The van der Waals surface area contributed by atoms with E-state index in [0.29, 0.717) is 36.2 Å². The van der Waals surface area contributed by atoms with E-state index < -0.39 is 0 Å². The molecule has 0 bridgehead atoms. The van der Waals surface area contributed by atoms with Crippen molar-refractivity contribution in [2.45, 2.75) is 13.5 Å². The first-order valence-corrected chi connectivity index (χ1v) is 8.50. The summed E-state index contributed by atoms with van der Waals surface area (Å²) in [6.45, 7) is 3.78. The Hall–Kier alpha value is -1.80. The summed E-state index contributed by atoms with van der Waals surface area (Å²) in [5, 5.41) is 9.69. The van der Waals surface area contributed by atoms with E-state index in [0.717, 1.165) is 0 Å². The lowest BCUT2D eigenvalue weighted by molar-refractivity contribution is 0.0954. The van der Waals surface area contributed by atoms with E-state index in [1.165, 1.54) is 11.1 Å². The zero-order valence-electron chi connectivity index (χ0n) is 14.9. The average Bonchev–Trinajstić information content (AvgIpc) is 2.61. The van der Waals surface area contributed by atoms with Gasteiger partial charge in [0.15, 0.2) is 5.96 Å². The van der Waals surface area contributed by atoms with Gasteiger partial charge in [0.25, 0.3) is 5.91 Å². The summed E-state index contributed by atoms with van der Waals surface area (Å²) in [7, 11) is 1.72. The van der Waals surface area contributed by atoms with Crippen LogP contribution in [-0.2, 0) is 6.54 Å². The maximum absolute atomic E-state index is 12.1. The number of guanidine groups is 1. The first-order valence-electron chi connectivity index (χ1n) is 8.13. The number of nitrogens with one attached hydrogen (secondary N) is 3. The lowest BCUT2D eigenvalue weighted by Gasteiger charge is -2.13. The maximum atomic E-state index is 12.1. The molecule has 2 aromatic carbocycles. The fraction of sp³-hybridized carbons (Fsp3) is 0.263. The first kappa shape index (κ1) is 22.2. The van der Waals surface area contributed by atoms with Crippen LogP contribution in [0.2, 0.25) is 5.02 Å². The Kier molecular flexibility index (Phi) is 10.0. The molecule has 0 saturated carbocycles. The summed E-state index contributed by atoms with van der Waals surface area (Å²) in [6.07, 6.45) is 0. The molecule has 1 amide bonds. The van der Waals surface area contributed by atoms with Crippen molar-refractivity contribution in [1.82, 2.24) is 16.0 Å². The molecule has 0 aliphatic carbocycles. The Bertz CT molecular complexity index is 752. The fourth-order valence-electron chi connectivity index (χ4n) is 2.33. The monoisotopic (exact) mass is 486 g/mol. The third kappa shape index (κ3) is 7.21. The van der Waals surface area contributed by atoms with Gasteiger partial charge < -0.3 is 16.0 Å². The van der Waals surface area contributed by atoms with E-state index in [1.807, 2.05) is 6.07 Å². The molecule has 140 valence electrons. The molecule has 0 unspecified atom stereocenters. The van der Waals surface area contributed by atoms with Crippen LogP contribution in [0.15, 0.2) is 53.5 Å². The van der Waals surface area contributed by atoms with E-state index in [4.69, 9.17) is 11.6 Å². The molecule has 7 heteroatoms. The number of rotatable bonds is 6. The molecule has 26 heavy (non-hydrogen) atoms. The van der Waals surface area contributed by atoms with Crippen molar-refractivity contribution in [2.75, 3.05) is 20.1 Å². The van der Waals surface area contributed by atoms with Crippen LogP contribution in [-0.4, -0.2) is 32.0 Å². The molecule has 0 fully saturated rings. The molecule has 0 radical (unpaired) electrons. The second-order valence-electron chi connectivity index (χ2n) is 5.58. The van der Waals surface area contributed by atoms with Gasteiger partial charge >= 0.3 is 0 Å². The molecule has 2 aromatic rings. The second kappa shape index (κ2) is 11.7. The highest BCUT2D eigenvalue weighted by atomic mass is 127. The van der Waals surface area contributed by atoms with Crippen molar-refractivity contribution in [3.05, 3.63) is 70.2 Å². The van der Waals surface area contributed by atoms with Gasteiger partial charge in [0.05, 0.1) is 10.6 Å². The SMILES string of the molecule is CN=C(NCCNC(=O)c1ccccc1Cl)NCc1cccc(C)c1.I. The van der Waals surface area contributed by atoms with Gasteiger partial charge in [-0.25, -0.2) is 0 Å². The van der Waals surface area contributed by atoms with Crippen LogP contribution >= 0.6 is 35.6 Å². The normalized spacial score (nSPS) is 10.7. The average molecular weight is 487 g/mol. The molecule has 0 saturated heterocycles. The van der Waals surface area contributed by atoms with Crippen LogP contribution in [0.4, 0.5) is 0 Å². The highest BCUT2D eigenvalue weighted by Gasteiger charge is 2.08. The quantitative estimate of drug-likeness (QED) is 0.254. The van der Waals surface area contributed by atoms with Crippen molar-refractivity contribution in [2.24, 2.45) is 4.99 Å². The van der Waals surface area contributed by atoms with Gasteiger partial charge in [-0.1, -0.05) is 53.6 Å². The summed E-state index contributed by atoms with van der Waals surface area (Å²) in [6, 6.07) is 15.3. The molecule has 0 aliphatic heterocycles. The Morgan fingerprint density at radius 1 is 1.04 bits per heavy atom. The maximum Gasteiger partial charge on any atom is 0.252 e. The van der Waals surface area contributed by atoms with Crippen LogP contribution < -0.4 is 16.0 Å². The lowest BCUT2D eigenvalue weighted by Crippen LogP contribution is -2.41. The lowest BCUT2D eigenvalue weighted by atomic mass is 10.1. The Labute approximate surface area is 176 Å². The number of aliphatic imine (C=N–C) groups is 1. The minimum atomic E-state index is -0.185. The molecule has 0 atom stereocenters. The van der Waals surface area contributed by atoms with E-state index in [9.17, 15) is 4.79 Å². The minimum absolute atomic E-state index is 0. The molecule has 0 spiro atoms. The Balaban J connectivity index is 0.00000338. The summed E-state index contributed by atoms with van der Waals surface area (Å²) in [5.41, 5.74) is 2.89. The third-order valence-corrected chi connectivity index (χ3v) is 3.92. The van der Waals surface area contributed by atoms with Gasteiger partial charge in [-0.3, -0.25) is 9.79 Å². The van der Waals surface area contributed by atoms with Crippen LogP contribution in [0.25, 0.3) is 0 Å². The second-order valence-corrected chi connectivity index (χ2v) is 5.98. The van der Waals surface area contributed by atoms with Crippen LogP contribution in [0.1, 0.15) is 21.5 Å². The van der Waals surface area contributed by atoms with Crippen LogP contribution in [0.5, 0.6) is 0 Å². The number of halogens is 2. The van der Waals surface area contributed by atoms with E-state index in [1.54, 1.807) is 31.3 Å². The van der Waals surface area contributed by atoms with Crippen LogP contribution in [0, 0.1) is 6.92 Å². The number of carbonyl (C=O) groups excluding carboxylic acids is 1. The summed E-state index contributed by atoms with van der Waals surface area (Å²) < 4.78 is 0. The number of hydrogen-bond acceptors (Lipinski definition) is 2. The molecule has 0 aliphatic rings. The van der Waals surface area contributed by atoms with Gasteiger partial charge in [0.1, 0.15) is 0 Å². The standard InChI is InChI=1S/C19H23ClN4O.HI/c1-14-6-5-7-15(12-14)13-24-19(21-2)23-11-10-22-18(25)16-8-3-4-9-17(16)20;/h3-9,12H,10-11,13H2,1-2H3,(H,22,25)(H2,21,23,24);1H. The number of aryl methyl sites for hydroxylation is 1. The van der Waals surface area contributed by atoms with Crippen molar-refractivity contribution in [3.8, 4) is 0 Å². The fourth-order valence-corrected chi connectivity index (χ4v) is 2.55. The molecular formula is C19H24ClIN4O. The predicted octanol–water partition coefficient (Wildman–Crippen LogP) is 3.36. The molecule has 3 N–H and O–H groups in total. The third-order valence-electron chi connectivity index (χ3n) is 3.59. The largest absolute Gasteiger partial charge is 0.355 e. The summed E-state index contributed by atoms with van der Waals surface area (Å²) >= 11 is 6.01. The van der Waals surface area contributed by atoms with Crippen molar-refractivity contribution < 1.29 is 4.79 Å².